The van der Waals surface area contributed by atoms with Crippen molar-refractivity contribution < 1.29 is 28.9 Å². The molecule has 4 aliphatic carbocycles. The minimum Gasteiger partial charge on any atom is -0.393 e. The molecule has 254 valence electrons. The van der Waals surface area contributed by atoms with E-state index in [4.69, 9.17) is 14.6 Å². The molecule has 6 aliphatic rings. The van der Waals surface area contributed by atoms with Gasteiger partial charge in [-0.25, -0.2) is 9.07 Å². The predicted molar refractivity (Wildman–Crippen MR) is 178 cm³/mol. The van der Waals surface area contributed by atoms with Crippen LogP contribution in [0, 0.1) is 34.4 Å². The largest absolute Gasteiger partial charge is 0.393 e. The molecule has 2 N–H and O–H groups in total. The van der Waals surface area contributed by atoms with Crippen molar-refractivity contribution in [1.82, 2.24) is 14.7 Å². The number of aliphatic hydroxyl groups is 2. The average molecular weight is 666 g/mol. The van der Waals surface area contributed by atoms with Gasteiger partial charge in [0.15, 0.2) is 17.7 Å². The van der Waals surface area contributed by atoms with E-state index in [0.29, 0.717) is 31.4 Å². The van der Waals surface area contributed by atoms with Crippen LogP contribution in [0.3, 0.4) is 0 Å². The first-order valence-corrected chi connectivity index (χ1v) is 18.8. The van der Waals surface area contributed by atoms with Gasteiger partial charge in [0, 0.05) is 42.1 Å². The lowest BCUT2D eigenvalue weighted by Gasteiger charge is -2.60. The van der Waals surface area contributed by atoms with E-state index in [1.807, 2.05) is 34.8 Å². The third-order valence-electron chi connectivity index (χ3n) is 13.1. The highest BCUT2D eigenvalue weighted by Crippen LogP contribution is 2.70. The lowest BCUT2D eigenvalue weighted by Crippen LogP contribution is -2.64. The van der Waals surface area contributed by atoms with E-state index >= 15 is 0 Å². The molecule has 1 aromatic heterocycles. The van der Waals surface area contributed by atoms with Gasteiger partial charge in [0.05, 0.1) is 29.8 Å². The van der Waals surface area contributed by atoms with Crippen molar-refractivity contribution in [2.45, 2.75) is 96.4 Å². The quantitative estimate of drug-likeness (QED) is 0.419. The minimum absolute atomic E-state index is 0.0174. The standard InChI is InChI=1S/C37H48FN3O5S/c1-4-5-33-45-32-16-27-26-8-6-24-15-29-23(17-35(24,2)34(26)30(43)18-36(27,3)37(32,46-33)31(44)21-42)19-39-41(29)25-7-9-28(38)22(14-25)20-40-10-12-47-13-11-40/h7,9,14-15,19,26-27,30,32-34,42-43H,4-6,8,10-13,16-18,20-21H2,1-3H3/t26-,27-,30-,32+,33+,34+,35-,36-,37+/m0/s1. The molecule has 2 aromatic rings. The van der Waals surface area contributed by atoms with Gasteiger partial charge in [0.25, 0.3) is 0 Å². The second-order valence-corrected chi connectivity index (χ2v) is 16.7. The Morgan fingerprint density at radius 2 is 2.04 bits per heavy atom. The summed E-state index contributed by atoms with van der Waals surface area (Å²) in [6.07, 6.45) is 8.04. The van der Waals surface area contributed by atoms with Gasteiger partial charge in [-0.15, -0.1) is 0 Å². The Morgan fingerprint density at radius 1 is 1.23 bits per heavy atom. The van der Waals surface area contributed by atoms with Gasteiger partial charge in [-0.05, 0) is 91.5 Å². The van der Waals surface area contributed by atoms with Crippen LogP contribution in [-0.4, -0.2) is 86.0 Å². The molecule has 0 radical (unpaired) electrons. The second-order valence-electron chi connectivity index (χ2n) is 15.4. The number of ketones is 1. The number of Topliss-reactive ketones (excluding diaryl/α,β-unsaturated/α-hetero) is 1. The number of ether oxygens (including phenoxy) is 2. The van der Waals surface area contributed by atoms with Crippen LogP contribution in [0.25, 0.3) is 11.8 Å². The number of halogens is 1. The van der Waals surface area contributed by atoms with Gasteiger partial charge in [-0.3, -0.25) is 9.69 Å². The highest BCUT2D eigenvalue weighted by atomic mass is 32.2. The third-order valence-corrected chi connectivity index (χ3v) is 14.0. The van der Waals surface area contributed by atoms with Crippen LogP contribution < -0.4 is 0 Å². The number of rotatable bonds is 7. The zero-order valence-electron chi connectivity index (χ0n) is 27.8. The Bertz CT molecular complexity index is 1590. The summed E-state index contributed by atoms with van der Waals surface area (Å²) in [6, 6.07) is 5.35. The lowest BCUT2D eigenvalue weighted by molar-refractivity contribution is -0.202. The Morgan fingerprint density at radius 3 is 2.81 bits per heavy atom. The van der Waals surface area contributed by atoms with E-state index in [0.717, 1.165) is 67.2 Å². The van der Waals surface area contributed by atoms with Gasteiger partial charge >= 0.3 is 0 Å². The lowest BCUT2D eigenvalue weighted by atomic mass is 9.45. The molecular weight excluding hydrogens is 617 g/mol. The van der Waals surface area contributed by atoms with Gasteiger partial charge in [0.2, 0.25) is 0 Å². The topological polar surface area (TPSA) is 97.1 Å². The number of carbonyl (C=O) groups excluding carboxylic acids is 1. The Balaban J connectivity index is 1.09. The Labute approximate surface area is 281 Å². The molecule has 8 nitrogen and oxygen atoms in total. The number of allylic oxidation sites excluding steroid dienone is 1. The van der Waals surface area contributed by atoms with Crippen LogP contribution in [0.4, 0.5) is 4.39 Å². The van der Waals surface area contributed by atoms with Gasteiger partial charge < -0.3 is 19.7 Å². The monoisotopic (exact) mass is 665 g/mol. The zero-order valence-corrected chi connectivity index (χ0v) is 28.6. The van der Waals surface area contributed by atoms with E-state index in [1.54, 1.807) is 6.07 Å². The van der Waals surface area contributed by atoms with Crippen molar-refractivity contribution in [3.63, 3.8) is 0 Å². The fraction of sp³-hybridized carbons (Fsp3) is 0.676. The summed E-state index contributed by atoms with van der Waals surface area (Å²) in [5, 5.41) is 27.1. The molecular formula is C37H48FN3O5S. The van der Waals surface area contributed by atoms with Crippen molar-refractivity contribution in [3.05, 3.63) is 52.6 Å². The van der Waals surface area contributed by atoms with E-state index in [1.165, 1.54) is 5.57 Å². The summed E-state index contributed by atoms with van der Waals surface area (Å²) >= 11 is 1.95. The summed E-state index contributed by atoms with van der Waals surface area (Å²) < 4.78 is 29.9. The van der Waals surface area contributed by atoms with Crippen LogP contribution in [0.5, 0.6) is 0 Å². The molecule has 1 aromatic carbocycles. The van der Waals surface area contributed by atoms with Crippen molar-refractivity contribution in [1.29, 1.82) is 0 Å². The van der Waals surface area contributed by atoms with Crippen molar-refractivity contribution in [2.75, 3.05) is 31.2 Å². The van der Waals surface area contributed by atoms with Crippen molar-refractivity contribution >= 4 is 23.6 Å². The third kappa shape index (κ3) is 4.72. The summed E-state index contributed by atoms with van der Waals surface area (Å²) in [5.41, 5.74) is 2.97. The normalized spacial score (nSPS) is 39.4. The first-order chi connectivity index (χ1) is 22.6. The maximum atomic E-state index is 15.0. The van der Waals surface area contributed by atoms with E-state index in [9.17, 15) is 19.4 Å². The number of hydrogen-bond acceptors (Lipinski definition) is 8. The summed E-state index contributed by atoms with van der Waals surface area (Å²) in [5.74, 6) is 2.03. The number of aliphatic hydroxyl groups excluding tert-OH is 2. The fourth-order valence-electron chi connectivity index (χ4n) is 11.0. The molecule has 10 heteroatoms. The van der Waals surface area contributed by atoms with E-state index in [-0.39, 0.29) is 34.8 Å². The predicted octanol–water partition coefficient (Wildman–Crippen LogP) is 5.16. The Kier molecular flexibility index (Phi) is 8.05. The van der Waals surface area contributed by atoms with Crippen LogP contribution in [0.1, 0.15) is 76.1 Å². The highest BCUT2D eigenvalue weighted by Gasteiger charge is 2.75. The van der Waals surface area contributed by atoms with Gasteiger partial charge in [-0.2, -0.15) is 16.9 Å². The number of nitrogens with zero attached hydrogens (tertiary/aromatic N) is 3. The highest BCUT2D eigenvalue weighted by molar-refractivity contribution is 7.99. The Hall–Kier alpha value is -2.08. The van der Waals surface area contributed by atoms with Crippen LogP contribution >= 0.6 is 11.8 Å². The number of carbonyl (C=O) groups is 1. The average Bonchev–Trinajstić information content (AvgIpc) is 3.70. The summed E-state index contributed by atoms with van der Waals surface area (Å²) in [7, 11) is 0. The van der Waals surface area contributed by atoms with Gasteiger partial charge in [0.1, 0.15) is 12.4 Å². The van der Waals surface area contributed by atoms with Crippen LogP contribution in [-0.2, 0) is 27.2 Å². The number of hydrogen-bond donors (Lipinski definition) is 2. The fourth-order valence-corrected chi connectivity index (χ4v) is 12.0. The van der Waals surface area contributed by atoms with E-state index in [2.05, 4.69) is 31.7 Å². The van der Waals surface area contributed by atoms with Crippen LogP contribution in [0.2, 0.25) is 0 Å². The SMILES string of the molecule is CCC[C@@H]1O[C@@H]2C[C@H]3[C@@H]4CCC5=Cc6c(cnn6-c6ccc(F)c(CN7CCSCC7)c6)C[C@]5(C)[C@H]4[C@@H](O)C[C@]3(C)[C@]2(C(=O)CO)O1. The summed E-state index contributed by atoms with van der Waals surface area (Å²) in [4.78, 5) is 15.9. The molecule has 0 amide bonds. The summed E-state index contributed by atoms with van der Waals surface area (Å²) in [6.45, 7) is 8.46. The molecule has 3 heterocycles. The molecule has 9 atom stereocenters. The number of thioether (sulfide) groups is 1. The maximum Gasteiger partial charge on any atom is 0.193 e. The minimum atomic E-state index is -1.23. The number of fused-ring (bicyclic) bond motifs is 8. The second kappa shape index (κ2) is 11.8. The molecule has 0 unspecified atom stereocenters. The van der Waals surface area contributed by atoms with E-state index < -0.39 is 36.1 Å². The number of aromatic nitrogens is 2. The van der Waals surface area contributed by atoms with Gasteiger partial charge in [-0.1, -0.05) is 32.8 Å². The van der Waals surface area contributed by atoms with Crippen molar-refractivity contribution in [2.24, 2.45) is 28.6 Å². The number of benzene rings is 1. The smallest absolute Gasteiger partial charge is 0.193 e. The molecule has 2 saturated heterocycles. The molecule has 0 spiro atoms. The molecule has 5 fully saturated rings. The molecule has 8 rings (SSSR count). The first-order valence-electron chi connectivity index (χ1n) is 17.6. The first kappa shape index (κ1) is 32.1. The van der Waals surface area contributed by atoms with Crippen molar-refractivity contribution in [3.8, 4) is 5.69 Å². The van der Waals surface area contributed by atoms with Crippen LogP contribution in [0.15, 0.2) is 30.0 Å². The molecule has 0 bridgehead atoms. The molecule has 3 saturated carbocycles. The maximum absolute atomic E-state index is 15.0. The molecule has 2 aliphatic heterocycles. The zero-order chi connectivity index (χ0) is 32.7. The molecule has 47 heavy (non-hydrogen) atoms.